The molecule has 3 aromatic rings. The Bertz CT molecular complexity index is 1030. The molecule has 0 spiro atoms. The number of carbonyl (C=O) groups is 1. The molecule has 0 aliphatic carbocycles. The van der Waals surface area contributed by atoms with E-state index in [1.165, 1.54) is 22.7 Å². The van der Waals surface area contributed by atoms with E-state index in [9.17, 15) is 4.79 Å². The molecule has 0 N–H and O–H groups in total. The third-order valence-corrected chi connectivity index (χ3v) is 5.92. The number of thiazole rings is 2. The minimum Gasteiger partial charge on any atom is -0.486 e. The average molecular weight is 361 g/mol. The van der Waals surface area contributed by atoms with Gasteiger partial charge in [-0.1, -0.05) is 11.3 Å². The predicted molar refractivity (Wildman–Crippen MR) is 93.3 cm³/mol. The normalized spacial score (nSPS) is 14.4. The van der Waals surface area contributed by atoms with E-state index in [0.29, 0.717) is 22.9 Å². The first kappa shape index (κ1) is 15.3. The molecule has 8 heteroatoms. The van der Waals surface area contributed by atoms with Gasteiger partial charge >= 0.3 is 0 Å². The van der Waals surface area contributed by atoms with Crippen LogP contribution in [0.1, 0.15) is 20.4 Å². The summed E-state index contributed by atoms with van der Waals surface area (Å²) < 4.78 is 14.2. The van der Waals surface area contributed by atoms with Gasteiger partial charge in [0.1, 0.15) is 18.1 Å². The highest BCUT2D eigenvalue weighted by molar-refractivity contribution is 7.16. The zero-order chi connectivity index (χ0) is 16.8. The number of aryl methyl sites for hydroxylation is 3. The zero-order valence-corrected chi connectivity index (χ0v) is 15.1. The number of rotatable bonds is 1. The molecule has 1 aromatic carbocycles. The molecule has 6 nitrogen and oxygen atoms in total. The predicted octanol–water partition coefficient (Wildman–Crippen LogP) is 2.83. The van der Waals surface area contributed by atoms with Gasteiger partial charge in [-0.05, 0) is 13.8 Å². The molecule has 0 saturated carbocycles. The highest BCUT2D eigenvalue weighted by Crippen LogP contribution is 2.35. The van der Waals surface area contributed by atoms with Crippen LogP contribution in [0.25, 0.3) is 10.2 Å². The van der Waals surface area contributed by atoms with Crippen LogP contribution in [0.3, 0.4) is 0 Å². The highest BCUT2D eigenvalue weighted by atomic mass is 32.1. The van der Waals surface area contributed by atoms with Crippen molar-refractivity contribution in [3.8, 4) is 11.5 Å². The van der Waals surface area contributed by atoms with Crippen LogP contribution in [-0.4, -0.2) is 28.7 Å². The number of fused-ring (bicyclic) bond motifs is 2. The van der Waals surface area contributed by atoms with Gasteiger partial charge in [0, 0.05) is 19.2 Å². The zero-order valence-electron chi connectivity index (χ0n) is 13.5. The van der Waals surface area contributed by atoms with Crippen LogP contribution >= 0.6 is 22.7 Å². The number of ether oxygens (including phenoxy) is 2. The lowest BCUT2D eigenvalue weighted by Gasteiger charge is -2.18. The van der Waals surface area contributed by atoms with Crippen LogP contribution in [0.2, 0.25) is 0 Å². The fourth-order valence-electron chi connectivity index (χ4n) is 2.64. The molecule has 4 rings (SSSR count). The summed E-state index contributed by atoms with van der Waals surface area (Å²) in [7, 11) is 1.89. The smallest absolute Gasteiger partial charge is 0.291 e. The van der Waals surface area contributed by atoms with Gasteiger partial charge in [0.15, 0.2) is 16.3 Å². The number of carbonyl (C=O) groups excluding carboxylic acids is 1. The molecule has 2 aromatic heterocycles. The van der Waals surface area contributed by atoms with E-state index in [0.717, 1.165) is 32.4 Å². The largest absolute Gasteiger partial charge is 0.486 e. The molecule has 124 valence electrons. The first-order valence-corrected chi connectivity index (χ1v) is 9.08. The Balaban J connectivity index is 1.83. The molecular formula is C16H15N3O3S2. The Morgan fingerprint density at radius 3 is 2.58 bits per heavy atom. The summed E-state index contributed by atoms with van der Waals surface area (Å²) in [6, 6.07) is 3.88. The van der Waals surface area contributed by atoms with Crippen LogP contribution < -0.4 is 14.3 Å². The van der Waals surface area contributed by atoms with Gasteiger partial charge in [0.05, 0.1) is 20.9 Å². The maximum atomic E-state index is 12.5. The van der Waals surface area contributed by atoms with E-state index in [1.807, 2.05) is 37.6 Å². The Kier molecular flexibility index (Phi) is 3.65. The Labute approximate surface area is 146 Å². The molecule has 0 bridgehead atoms. The molecule has 24 heavy (non-hydrogen) atoms. The van der Waals surface area contributed by atoms with E-state index in [-0.39, 0.29) is 5.91 Å². The van der Waals surface area contributed by atoms with Gasteiger partial charge in [0.2, 0.25) is 0 Å². The van der Waals surface area contributed by atoms with Crippen molar-refractivity contribution in [2.24, 2.45) is 12.0 Å². The van der Waals surface area contributed by atoms with Gasteiger partial charge in [-0.2, -0.15) is 4.99 Å². The van der Waals surface area contributed by atoms with Crippen molar-refractivity contribution in [1.82, 2.24) is 9.55 Å². The molecule has 1 aliphatic rings. The Morgan fingerprint density at radius 2 is 1.92 bits per heavy atom. The van der Waals surface area contributed by atoms with Gasteiger partial charge in [-0.3, -0.25) is 4.79 Å². The van der Waals surface area contributed by atoms with Gasteiger partial charge in [0.25, 0.3) is 5.91 Å². The first-order valence-electron chi connectivity index (χ1n) is 7.45. The van der Waals surface area contributed by atoms with E-state index < -0.39 is 0 Å². The van der Waals surface area contributed by atoms with Crippen LogP contribution in [0.15, 0.2) is 17.1 Å². The Morgan fingerprint density at radius 1 is 1.21 bits per heavy atom. The van der Waals surface area contributed by atoms with Crippen molar-refractivity contribution in [2.45, 2.75) is 13.8 Å². The lowest BCUT2D eigenvalue weighted by molar-refractivity contribution is 0.100. The molecular weight excluding hydrogens is 346 g/mol. The summed E-state index contributed by atoms with van der Waals surface area (Å²) in [5, 5.41) is 0.869. The van der Waals surface area contributed by atoms with Crippen molar-refractivity contribution in [3.63, 3.8) is 0 Å². The van der Waals surface area contributed by atoms with Crippen LogP contribution in [0.4, 0.5) is 0 Å². The van der Waals surface area contributed by atoms with Crippen molar-refractivity contribution >= 4 is 38.8 Å². The second-order valence-corrected chi connectivity index (χ2v) is 7.68. The van der Waals surface area contributed by atoms with Crippen molar-refractivity contribution in [3.05, 3.63) is 32.5 Å². The summed E-state index contributed by atoms with van der Waals surface area (Å²) in [6.07, 6.45) is 0. The summed E-state index contributed by atoms with van der Waals surface area (Å²) in [6.45, 7) is 4.82. The van der Waals surface area contributed by atoms with E-state index in [4.69, 9.17) is 9.47 Å². The summed E-state index contributed by atoms with van der Waals surface area (Å²) in [4.78, 5) is 22.3. The third-order valence-electron chi connectivity index (χ3n) is 3.77. The Hall–Kier alpha value is -2.19. The van der Waals surface area contributed by atoms with E-state index in [2.05, 4.69) is 9.98 Å². The van der Waals surface area contributed by atoms with Crippen molar-refractivity contribution in [2.75, 3.05) is 13.2 Å². The molecule has 3 heterocycles. The SMILES string of the molecule is Cc1nc(C)c(C(=O)N=c2sc3cc4c(cc3n2C)OCCO4)s1. The third kappa shape index (κ3) is 2.51. The minimum absolute atomic E-state index is 0.252. The number of nitrogens with zero attached hydrogens (tertiary/aromatic N) is 3. The van der Waals surface area contributed by atoms with Crippen LogP contribution in [0, 0.1) is 13.8 Å². The van der Waals surface area contributed by atoms with E-state index >= 15 is 0 Å². The molecule has 0 saturated heterocycles. The summed E-state index contributed by atoms with van der Waals surface area (Å²) in [5.41, 5.74) is 1.69. The van der Waals surface area contributed by atoms with Gasteiger partial charge < -0.3 is 14.0 Å². The second-order valence-electron chi connectivity index (χ2n) is 5.47. The number of hydrogen-bond donors (Lipinski definition) is 0. The van der Waals surface area contributed by atoms with Crippen molar-refractivity contribution < 1.29 is 14.3 Å². The molecule has 0 radical (unpaired) electrons. The fourth-order valence-corrected chi connectivity index (χ4v) is 4.47. The maximum absolute atomic E-state index is 12.5. The minimum atomic E-state index is -0.252. The summed E-state index contributed by atoms with van der Waals surface area (Å²) >= 11 is 2.83. The molecule has 0 atom stereocenters. The molecule has 1 aliphatic heterocycles. The van der Waals surface area contributed by atoms with Crippen LogP contribution in [0.5, 0.6) is 11.5 Å². The van der Waals surface area contributed by atoms with Crippen LogP contribution in [-0.2, 0) is 7.05 Å². The van der Waals surface area contributed by atoms with E-state index in [1.54, 1.807) is 0 Å². The van der Waals surface area contributed by atoms with Crippen molar-refractivity contribution in [1.29, 1.82) is 0 Å². The topological polar surface area (TPSA) is 65.7 Å². The number of amides is 1. The monoisotopic (exact) mass is 361 g/mol. The summed E-state index contributed by atoms with van der Waals surface area (Å²) in [5.74, 6) is 1.22. The lowest BCUT2D eigenvalue weighted by Crippen LogP contribution is -2.15. The quantitative estimate of drug-likeness (QED) is 0.668. The molecule has 0 fully saturated rings. The highest BCUT2D eigenvalue weighted by Gasteiger charge is 2.17. The van der Waals surface area contributed by atoms with Gasteiger partial charge in [-0.25, -0.2) is 4.98 Å². The fraction of sp³-hybridized carbons (Fsp3) is 0.312. The average Bonchev–Trinajstić information content (AvgIpc) is 3.05. The lowest BCUT2D eigenvalue weighted by atomic mass is 10.3. The second kappa shape index (κ2) is 5.71. The van der Waals surface area contributed by atoms with Gasteiger partial charge in [-0.15, -0.1) is 11.3 Å². The molecule has 0 unspecified atom stereocenters. The number of benzene rings is 1. The number of hydrogen-bond acceptors (Lipinski definition) is 6. The standard InChI is InChI=1S/C16H15N3O3S2/c1-8-14(23-9(2)17-8)15(20)18-16-19(3)10-6-11-12(7-13(10)24-16)22-5-4-21-11/h6-7H,4-5H2,1-3H3. The maximum Gasteiger partial charge on any atom is 0.291 e. The molecule has 1 amide bonds. The first-order chi connectivity index (χ1) is 11.5. The number of aromatic nitrogens is 2.